The standard InChI is InChI=1S/C11H15N7/c12-17-9-7-4-2-1-3-5-8(7)15-11(16-9)10-13-6-14-18-10/h6H,1-5,12H2,(H,13,14,18)(H,15,16,17). The van der Waals surface area contributed by atoms with E-state index in [9.17, 15) is 0 Å². The maximum Gasteiger partial charge on any atom is 0.199 e. The van der Waals surface area contributed by atoms with Crippen molar-refractivity contribution in [3.63, 3.8) is 0 Å². The van der Waals surface area contributed by atoms with Crippen LogP contribution in [-0.2, 0) is 12.8 Å². The predicted molar refractivity (Wildman–Crippen MR) is 66.5 cm³/mol. The fraction of sp³-hybridized carbons (Fsp3) is 0.455. The van der Waals surface area contributed by atoms with Crippen LogP contribution in [0.4, 0.5) is 5.82 Å². The van der Waals surface area contributed by atoms with Crippen LogP contribution in [0.3, 0.4) is 0 Å². The second-order valence-electron chi connectivity index (χ2n) is 4.36. The highest BCUT2D eigenvalue weighted by Gasteiger charge is 2.17. The number of aromatic nitrogens is 5. The van der Waals surface area contributed by atoms with Crippen LogP contribution in [0.5, 0.6) is 0 Å². The summed E-state index contributed by atoms with van der Waals surface area (Å²) in [6, 6.07) is 0. The fourth-order valence-corrected chi connectivity index (χ4v) is 2.31. The molecule has 0 aromatic carbocycles. The van der Waals surface area contributed by atoms with E-state index >= 15 is 0 Å². The third-order valence-corrected chi connectivity index (χ3v) is 3.20. The molecule has 0 spiro atoms. The Morgan fingerprint density at radius 2 is 2.06 bits per heavy atom. The molecule has 2 aromatic heterocycles. The summed E-state index contributed by atoms with van der Waals surface area (Å²) in [6.45, 7) is 0. The molecule has 0 radical (unpaired) electrons. The van der Waals surface area contributed by atoms with E-state index in [1.54, 1.807) is 0 Å². The number of hydrogen-bond donors (Lipinski definition) is 3. The third-order valence-electron chi connectivity index (χ3n) is 3.20. The van der Waals surface area contributed by atoms with Crippen LogP contribution in [-0.4, -0.2) is 25.1 Å². The first-order valence-electron chi connectivity index (χ1n) is 6.10. The Bertz CT molecular complexity index is 535. The van der Waals surface area contributed by atoms with Crippen molar-refractivity contribution in [2.75, 3.05) is 5.43 Å². The first-order valence-corrected chi connectivity index (χ1v) is 6.10. The number of hydrazine groups is 1. The summed E-state index contributed by atoms with van der Waals surface area (Å²) >= 11 is 0. The number of aryl methyl sites for hydroxylation is 1. The third kappa shape index (κ3) is 1.92. The van der Waals surface area contributed by atoms with Gasteiger partial charge in [0.1, 0.15) is 12.1 Å². The molecule has 4 N–H and O–H groups in total. The summed E-state index contributed by atoms with van der Waals surface area (Å²) in [5, 5.41) is 6.59. The minimum atomic E-state index is 0.543. The molecule has 3 rings (SSSR count). The van der Waals surface area contributed by atoms with Crippen LogP contribution in [0.1, 0.15) is 30.5 Å². The predicted octanol–water partition coefficient (Wildman–Crippen LogP) is 0.816. The largest absolute Gasteiger partial charge is 0.308 e. The highest BCUT2D eigenvalue weighted by molar-refractivity contribution is 5.53. The normalized spacial score (nSPS) is 14.9. The Morgan fingerprint density at radius 1 is 1.17 bits per heavy atom. The van der Waals surface area contributed by atoms with Crippen molar-refractivity contribution < 1.29 is 0 Å². The lowest BCUT2D eigenvalue weighted by molar-refractivity contribution is 0.709. The first-order chi connectivity index (χ1) is 8.88. The van der Waals surface area contributed by atoms with Gasteiger partial charge in [-0.2, -0.15) is 5.10 Å². The monoisotopic (exact) mass is 245 g/mol. The van der Waals surface area contributed by atoms with Gasteiger partial charge in [-0.05, 0) is 25.7 Å². The van der Waals surface area contributed by atoms with Crippen molar-refractivity contribution in [3.05, 3.63) is 17.6 Å². The van der Waals surface area contributed by atoms with Gasteiger partial charge in [0.2, 0.25) is 0 Å². The van der Waals surface area contributed by atoms with Gasteiger partial charge in [0, 0.05) is 11.3 Å². The molecule has 0 saturated carbocycles. The van der Waals surface area contributed by atoms with Crippen molar-refractivity contribution in [1.29, 1.82) is 0 Å². The molecule has 2 aromatic rings. The molecule has 7 nitrogen and oxygen atoms in total. The molecule has 0 atom stereocenters. The number of hydrogen-bond acceptors (Lipinski definition) is 6. The minimum absolute atomic E-state index is 0.543. The van der Waals surface area contributed by atoms with Gasteiger partial charge in [0.15, 0.2) is 11.6 Å². The van der Waals surface area contributed by atoms with E-state index in [4.69, 9.17) is 5.84 Å². The Labute approximate surface area is 104 Å². The zero-order valence-electron chi connectivity index (χ0n) is 9.98. The number of aromatic amines is 1. The smallest absolute Gasteiger partial charge is 0.199 e. The van der Waals surface area contributed by atoms with E-state index in [0.29, 0.717) is 17.5 Å². The van der Waals surface area contributed by atoms with Gasteiger partial charge >= 0.3 is 0 Å². The SMILES string of the molecule is NNc1nc(-c2ncn[nH]2)nc2c1CCCCC2. The zero-order chi connectivity index (χ0) is 12.4. The average molecular weight is 245 g/mol. The molecule has 94 valence electrons. The second kappa shape index (κ2) is 4.69. The molecule has 0 fully saturated rings. The Morgan fingerprint density at radius 3 is 2.83 bits per heavy atom. The molecule has 2 heterocycles. The van der Waals surface area contributed by atoms with Crippen LogP contribution in [0.25, 0.3) is 11.6 Å². The van der Waals surface area contributed by atoms with Crippen molar-refractivity contribution in [2.45, 2.75) is 32.1 Å². The molecule has 0 aliphatic heterocycles. The Hall–Kier alpha value is -2.02. The van der Waals surface area contributed by atoms with Gasteiger partial charge < -0.3 is 5.43 Å². The molecule has 0 bridgehead atoms. The average Bonchev–Trinajstić information content (AvgIpc) is 2.83. The molecular weight excluding hydrogens is 230 g/mol. The Kier molecular flexibility index (Phi) is 2.89. The molecule has 0 amide bonds. The minimum Gasteiger partial charge on any atom is -0.308 e. The fourth-order valence-electron chi connectivity index (χ4n) is 2.31. The summed E-state index contributed by atoms with van der Waals surface area (Å²) in [4.78, 5) is 13.1. The highest BCUT2D eigenvalue weighted by atomic mass is 15.3. The van der Waals surface area contributed by atoms with Gasteiger partial charge in [-0.3, -0.25) is 5.10 Å². The van der Waals surface area contributed by atoms with Crippen LogP contribution in [0, 0.1) is 0 Å². The number of anilines is 1. The van der Waals surface area contributed by atoms with Crippen molar-refractivity contribution in [3.8, 4) is 11.6 Å². The quantitative estimate of drug-likeness (QED) is 0.411. The number of nitrogens with zero attached hydrogens (tertiary/aromatic N) is 4. The second-order valence-corrected chi connectivity index (χ2v) is 4.36. The molecular formula is C11H15N7. The molecule has 18 heavy (non-hydrogen) atoms. The molecule has 1 aliphatic rings. The summed E-state index contributed by atoms with van der Waals surface area (Å²) in [5.41, 5.74) is 4.88. The van der Waals surface area contributed by atoms with Crippen LogP contribution in [0.2, 0.25) is 0 Å². The maximum absolute atomic E-state index is 5.56. The summed E-state index contributed by atoms with van der Waals surface area (Å²) in [6.07, 6.45) is 6.92. The van der Waals surface area contributed by atoms with Crippen LogP contribution in [0.15, 0.2) is 6.33 Å². The van der Waals surface area contributed by atoms with Crippen molar-refractivity contribution in [2.24, 2.45) is 5.84 Å². The van der Waals surface area contributed by atoms with E-state index in [1.807, 2.05) is 0 Å². The summed E-state index contributed by atoms with van der Waals surface area (Å²) < 4.78 is 0. The van der Waals surface area contributed by atoms with Crippen molar-refractivity contribution >= 4 is 5.82 Å². The first kappa shape index (κ1) is 11.1. The lowest BCUT2D eigenvalue weighted by Crippen LogP contribution is -2.14. The lowest BCUT2D eigenvalue weighted by Gasteiger charge is -2.11. The van der Waals surface area contributed by atoms with Crippen LogP contribution < -0.4 is 11.3 Å². The summed E-state index contributed by atoms with van der Waals surface area (Å²) in [7, 11) is 0. The number of fused-ring (bicyclic) bond motifs is 1. The van der Waals surface area contributed by atoms with E-state index in [2.05, 4.69) is 30.6 Å². The van der Waals surface area contributed by atoms with Gasteiger partial charge in [0.05, 0.1) is 0 Å². The van der Waals surface area contributed by atoms with Gasteiger partial charge in [-0.15, -0.1) is 0 Å². The van der Waals surface area contributed by atoms with E-state index in [1.165, 1.54) is 12.7 Å². The molecule has 7 heteroatoms. The number of nitrogen functional groups attached to an aromatic ring is 1. The number of nitrogens with two attached hydrogens (primary N) is 1. The molecule has 0 saturated heterocycles. The van der Waals surface area contributed by atoms with E-state index in [0.717, 1.165) is 36.9 Å². The number of H-pyrrole nitrogens is 1. The van der Waals surface area contributed by atoms with Crippen LogP contribution >= 0.6 is 0 Å². The Balaban J connectivity index is 2.10. The van der Waals surface area contributed by atoms with Gasteiger partial charge in [-0.1, -0.05) is 6.42 Å². The van der Waals surface area contributed by atoms with Gasteiger partial charge in [-0.25, -0.2) is 20.8 Å². The van der Waals surface area contributed by atoms with E-state index < -0.39 is 0 Å². The number of rotatable bonds is 2. The zero-order valence-corrected chi connectivity index (χ0v) is 9.98. The number of nitrogens with one attached hydrogen (secondary N) is 2. The topological polar surface area (TPSA) is 105 Å². The maximum atomic E-state index is 5.56. The molecule has 1 aliphatic carbocycles. The van der Waals surface area contributed by atoms with E-state index in [-0.39, 0.29) is 0 Å². The molecule has 0 unspecified atom stereocenters. The highest BCUT2D eigenvalue weighted by Crippen LogP contribution is 2.26. The lowest BCUT2D eigenvalue weighted by atomic mass is 10.1. The summed E-state index contributed by atoms with van der Waals surface area (Å²) in [5.74, 6) is 7.37. The van der Waals surface area contributed by atoms with Gasteiger partial charge in [0.25, 0.3) is 0 Å². The van der Waals surface area contributed by atoms with Crippen molar-refractivity contribution in [1.82, 2.24) is 25.1 Å².